The van der Waals surface area contributed by atoms with Gasteiger partial charge in [-0.2, -0.15) is 0 Å². The minimum atomic E-state index is -0.364. The van der Waals surface area contributed by atoms with E-state index in [9.17, 15) is 10.2 Å². The van der Waals surface area contributed by atoms with E-state index in [1.807, 2.05) is 24.3 Å². The third-order valence-electron chi connectivity index (χ3n) is 8.05. The highest BCUT2D eigenvalue weighted by Gasteiger charge is 2.56. The molecular weight excluding hydrogens is 360 g/mol. The highest BCUT2D eigenvalue weighted by Crippen LogP contribution is 2.62. The van der Waals surface area contributed by atoms with Crippen LogP contribution in [0.5, 0.6) is 11.5 Å². The molecule has 2 N–H and O–H groups in total. The fourth-order valence-electron chi connectivity index (χ4n) is 6.48. The van der Waals surface area contributed by atoms with Crippen LogP contribution in [0, 0.1) is 17.3 Å². The van der Waals surface area contributed by atoms with Crippen molar-refractivity contribution >= 4 is 6.08 Å². The van der Waals surface area contributed by atoms with Crippen molar-refractivity contribution in [2.75, 3.05) is 7.11 Å². The van der Waals surface area contributed by atoms with Gasteiger partial charge in [-0.1, -0.05) is 31.2 Å². The van der Waals surface area contributed by atoms with Crippen LogP contribution in [0.25, 0.3) is 6.08 Å². The van der Waals surface area contributed by atoms with Crippen molar-refractivity contribution in [1.29, 1.82) is 0 Å². The van der Waals surface area contributed by atoms with Crippen LogP contribution in [-0.4, -0.2) is 23.4 Å². The van der Waals surface area contributed by atoms with Crippen LogP contribution in [-0.2, 0) is 6.42 Å². The summed E-state index contributed by atoms with van der Waals surface area (Å²) >= 11 is 0. The summed E-state index contributed by atoms with van der Waals surface area (Å²) in [6.07, 6.45) is 7.18. The molecule has 3 heteroatoms. The number of aromatic hydroxyl groups is 1. The normalized spacial score (nSPS) is 34.4. The van der Waals surface area contributed by atoms with Crippen LogP contribution in [0.4, 0.5) is 0 Å². The van der Waals surface area contributed by atoms with Crippen LogP contribution in [0.15, 0.2) is 48.0 Å². The van der Waals surface area contributed by atoms with E-state index in [-0.39, 0.29) is 11.5 Å². The molecule has 152 valence electrons. The minimum absolute atomic E-state index is 0.0338. The number of benzene rings is 2. The molecule has 2 saturated carbocycles. The summed E-state index contributed by atoms with van der Waals surface area (Å²) in [5, 5.41) is 21.2. The zero-order chi connectivity index (χ0) is 20.2. The number of hydrogen-bond acceptors (Lipinski definition) is 3. The van der Waals surface area contributed by atoms with Gasteiger partial charge in [0.2, 0.25) is 0 Å². The van der Waals surface area contributed by atoms with E-state index in [0.717, 1.165) is 43.4 Å². The van der Waals surface area contributed by atoms with Gasteiger partial charge in [0.05, 0.1) is 13.2 Å². The first kappa shape index (κ1) is 18.7. The Morgan fingerprint density at radius 3 is 2.66 bits per heavy atom. The monoisotopic (exact) mass is 390 g/mol. The van der Waals surface area contributed by atoms with E-state index >= 15 is 0 Å². The lowest BCUT2D eigenvalue weighted by Crippen LogP contribution is -2.44. The first-order valence-corrected chi connectivity index (χ1v) is 10.8. The fraction of sp³-hybridized carbons (Fsp3) is 0.462. The lowest BCUT2D eigenvalue weighted by molar-refractivity contribution is -0.0158. The highest BCUT2D eigenvalue weighted by atomic mass is 16.5. The standard InChI is InChI=1S/C26H30O3/c1-26-12-11-22-21-10-6-19(27)14-17(21)5-9-23(22)24(26)15-18(25(26)28)13-16-3-7-20(29-2)8-4-16/h3-4,6-8,10,13-14,22-25,27-28H,5,9,11-12,15H2,1-2H3/b18-13+/t22-,23+,24+,25+,26+/m0/s1. The van der Waals surface area contributed by atoms with E-state index < -0.39 is 0 Å². The smallest absolute Gasteiger partial charge is 0.118 e. The third kappa shape index (κ3) is 2.98. The Hall–Kier alpha value is -2.26. The molecule has 0 aliphatic heterocycles. The molecule has 5 atom stereocenters. The number of aliphatic hydroxyl groups is 1. The van der Waals surface area contributed by atoms with Crippen LogP contribution in [0.1, 0.15) is 55.2 Å². The molecule has 0 bridgehead atoms. The van der Waals surface area contributed by atoms with E-state index in [0.29, 0.717) is 23.5 Å². The van der Waals surface area contributed by atoms with Crippen molar-refractivity contribution in [2.24, 2.45) is 17.3 Å². The Balaban J connectivity index is 1.45. The number of aliphatic hydroxyl groups excluding tert-OH is 1. The molecule has 0 saturated heterocycles. The molecule has 3 aliphatic carbocycles. The van der Waals surface area contributed by atoms with Gasteiger partial charge in [-0.3, -0.25) is 0 Å². The Kier molecular flexibility index (Phi) is 4.47. The summed E-state index contributed by atoms with van der Waals surface area (Å²) in [7, 11) is 1.68. The Morgan fingerprint density at radius 2 is 1.90 bits per heavy atom. The summed E-state index contributed by atoms with van der Waals surface area (Å²) in [4.78, 5) is 0. The third-order valence-corrected chi connectivity index (χ3v) is 8.05. The Morgan fingerprint density at radius 1 is 1.10 bits per heavy atom. The largest absolute Gasteiger partial charge is 0.508 e. The maximum absolute atomic E-state index is 11.3. The number of rotatable bonds is 2. The lowest BCUT2D eigenvalue weighted by atomic mass is 9.55. The molecule has 0 unspecified atom stereocenters. The molecule has 0 radical (unpaired) electrons. The second kappa shape index (κ2) is 6.91. The van der Waals surface area contributed by atoms with Gasteiger partial charge in [0.15, 0.2) is 0 Å². The molecule has 3 aliphatic rings. The fourth-order valence-corrected chi connectivity index (χ4v) is 6.48. The molecular formula is C26H30O3. The van der Waals surface area contributed by atoms with Gasteiger partial charge in [0.25, 0.3) is 0 Å². The van der Waals surface area contributed by atoms with Crippen LogP contribution >= 0.6 is 0 Å². The number of methoxy groups -OCH3 is 1. The van der Waals surface area contributed by atoms with Gasteiger partial charge in [0, 0.05) is 5.41 Å². The average Bonchev–Trinajstić information content (AvgIpc) is 2.99. The summed E-state index contributed by atoms with van der Waals surface area (Å²) < 4.78 is 5.26. The first-order valence-electron chi connectivity index (χ1n) is 10.8. The van der Waals surface area contributed by atoms with E-state index in [1.165, 1.54) is 16.7 Å². The second-order valence-electron chi connectivity index (χ2n) is 9.44. The lowest BCUT2D eigenvalue weighted by Gasteiger charge is -2.49. The van der Waals surface area contributed by atoms with Crippen LogP contribution < -0.4 is 4.74 Å². The Bertz CT molecular complexity index is 945. The van der Waals surface area contributed by atoms with Gasteiger partial charge in [-0.05, 0) is 96.4 Å². The molecule has 2 aromatic carbocycles. The Labute approximate surface area is 173 Å². The van der Waals surface area contributed by atoms with Crippen LogP contribution in [0.2, 0.25) is 0 Å². The minimum Gasteiger partial charge on any atom is -0.508 e. The predicted molar refractivity (Wildman–Crippen MR) is 115 cm³/mol. The molecule has 0 heterocycles. The predicted octanol–water partition coefficient (Wildman–Crippen LogP) is 5.31. The van der Waals surface area contributed by atoms with Gasteiger partial charge < -0.3 is 14.9 Å². The van der Waals surface area contributed by atoms with Crippen molar-refractivity contribution in [3.63, 3.8) is 0 Å². The van der Waals surface area contributed by atoms with E-state index in [1.54, 1.807) is 7.11 Å². The second-order valence-corrected chi connectivity index (χ2v) is 9.44. The zero-order valence-electron chi connectivity index (χ0n) is 17.3. The molecule has 2 fully saturated rings. The molecule has 2 aromatic rings. The number of phenols is 1. The first-order chi connectivity index (χ1) is 14.0. The summed E-state index contributed by atoms with van der Waals surface area (Å²) in [5.41, 5.74) is 5.03. The number of hydrogen-bond donors (Lipinski definition) is 2. The van der Waals surface area contributed by atoms with Crippen molar-refractivity contribution in [3.05, 3.63) is 64.7 Å². The maximum Gasteiger partial charge on any atom is 0.118 e. The molecule has 0 spiro atoms. The topological polar surface area (TPSA) is 49.7 Å². The molecule has 3 nitrogen and oxygen atoms in total. The number of fused-ring (bicyclic) bond motifs is 5. The highest BCUT2D eigenvalue weighted by molar-refractivity contribution is 5.56. The number of ether oxygens (including phenoxy) is 1. The quantitative estimate of drug-likeness (QED) is 0.730. The molecule has 29 heavy (non-hydrogen) atoms. The van der Waals surface area contributed by atoms with Crippen molar-refractivity contribution in [3.8, 4) is 11.5 Å². The SMILES string of the molecule is COc1ccc(/C=C2\C[C@@H]3[C@@H]4CCc5cc(O)ccc5[C@@H]4CC[C@@]3(C)[C@@H]2O)cc1. The van der Waals surface area contributed by atoms with Crippen molar-refractivity contribution in [1.82, 2.24) is 0 Å². The van der Waals surface area contributed by atoms with E-state index in [2.05, 4.69) is 31.2 Å². The van der Waals surface area contributed by atoms with E-state index in [4.69, 9.17) is 4.74 Å². The zero-order valence-corrected chi connectivity index (χ0v) is 17.3. The van der Waals surface area contributed by atoms with Gasteiger partial charge >= 0.3 is 0 Å². The van der Waals surface area contributed by atoms with Gasteiger partial charge in [-0.25, -0.2) is 0 Å². The van der Waals surface area contributed by atoms with Gasteiger partial charge in [-0.15, -0.1) is 0 Å². The maximum atomic E-state index is 11.3. The average molecular weight is 391 g/mol. The molecule has 0 amide bonds. The molecule has 5 rings (SSSR count). The summed E-state index contributed by atoms with van der Waals surface area (Å²) in [6.45, 7) is 2.31. The van der Waals surface area contributed by atoms with Gasteiger partial charge in [0.1, 0.15) is 11.5 Å². The van der Waals surface area contributed by atoms with Crippen molar-refractivity contribution in [2.45, 2.75) is 51.0 Å². The van der Waals surface area contributed by atoms with Crippen LogP contribution in [0.3, 0.4) is 0 Å². The molecule has 0 aromatic heterocycles. The van der Waals surface area contributed by atoms with Crippen molar-refractivity contribution < 1.29 is 14.9 Å². The summed E-state index contributed by atoms with van der Waals surface area (Å²) in [6, 6.07) is 14.0. The number of aryl methyl sites for hydroxylation is 1. The number of phenolic OH excluding ortho intramolecular Hbond substituents is 1. The summed E-state index contributed by atoms with van der Waals surface area (Å²) in [5.74, 6) is 2.92.